The summed E-state index contributed by atoms with van der Waals surface area (Å²) in [7, 11) is 0. The quantitative estimate of drug-likeness (QED) is 0.00750. The van der Waals surface area contributed by atoms with Gasteiger partial charge in [0.25, 0.3) is 0 Å². The van der Waals surface area contributed by atoms with Crippen LogP contribution in [0.5, 0.6) is 0 Å². The zero-order valence-electron chi connectivity index (χ0n) is 56.2. The third-order valence-corrected chi connectivity index (χ3v) is 17.4. The van der Waals surface area contributed by atoms with Crippen molar-refractivity contribution in [3.05, 3.63) is 235 Å². The first-order valence-corrected chi connectivity index (χ1v) is 34.2. The lowest BCUT2D eigenvalue weighted by molar-refractivity contribution is -0.254. The second kappa shape index (κ2) is 34.8. The van der Waals surface area contributed by atoms with Crippen molar-refractivity contribution >= 4 is 148 Å². The Balaban J connectivity index is 0.876. The first-order valence-electron chi connectivity index (χ1n) is 32.7. The van der Waals surface area contributed by atoms with Crippen molar-refractivity contribution in [3.63, 3.8) is 0 Å². The predicted octanol–water partition coefficient (Wildman–Crippen LogP) is 18.8. The third kappa shape index (κ3) is 18.5. The largest absolute Gasteiger partial charge is 0.378 e. The summed E-state index contributed by atoms with van der Waals surface area (Å²) in [6.45, 7) is 9.43. The summed E-state index contributed by atoms with van der Waals surface area (Å²) in [6, 6.07) is 47.1. The molecule has 0 aliphatic carbocycles. The fraction of sp³-hybridized carbons (Fsp3) is 0.231. The lowest BCUT2D eigenvalue weighted by Crippen LogP contribution is -2.11. The Morgan fingerprint density at radius 2 is 0.772 bits per heavy atom. The Labute approximate surface area is 602 Å². The molecule has 19 nitrogen and oxygen atoms in total. The van der Waals surface area contributed by atoms with Crippen LogP contribution in [0.3, 0.4) is 0 Å². The zero-order valence-corrected chi connectivity index (χ0v) is 59.2. The van der Waals surface area contributed by atoms with Crippen molar-refractivity contribution in [1.82, 2.24) is 9.13 Å². The second-order valence-electron chi connectivity index (χ2n) is 23.5. The zero-order chi connectivity index (χ0) is 71.7. The van der Waals surface area contributed by atoms with Gasteiger partial charge in [-0.25, -0.2) is 19.2 Å². The number of hydrogen-bond acceptors (Lipinski definition) is 17. The minimum absolute atomic E-state index is 0.0427. The van der Waals surface area contributed by atoms with E-state index < -0.39 is 23.9 Å². The number of oxime groups is 4. The van der Waals surface area contributed by atoms with Crippen molar-refractivity contribution in [1.29, 1.82) is 0 Å². The number of benzene rings is 8. The van der Waals surface area contributed by atoms with Gasteiger partial charge in [0, 0.05) is 117 Å². The molecule has 2 heterocycles. The lowest BCUT2D eigenvalue weighted by Gasteiger charge is -2.11. The third-order valence-electron chi connectivity index (χ3n) is 16.3. The molecular weight excluding hydrogens is 1370 g/mol. The first kappa shape index (κ1) is 73.6. The van der Waals surface area contributed by atoms with E-state index in [-0.39, 0.29) is 64.7 Å². The Hall–Kier alpha value is -10.1. The lowest BCUT2D eigenvalue weighted by atomic mass is 10.00. The molecular formula is C78H70Cl4N6O13. The van der Waals surface area contributed by atoms with Gasteiger partial charge in [0.2, 0.25) is 0 Å². The molecule has 0 aliphatic rings. The molecule has 0 saturated carbocycles. The molecule has 0 amide bonds. The van der Waals surface area contributed by atoms with Gasteiger partial charge < -0.3 is 38.1 Å². The van der Waals surface area contributed by atoms with Gasteiger partial charge in [-0.3, -0.25) is 9.59 Å². The van der Waals surface area contributed by atoms with E-state index in [1.165, 1.54) is 52.2 Å². The summed E-state index contributed by atoms with van der Waals surface area (Å²) < 4.78 is 10.1. The number of carbonyl (C=O) groups excluding carboxylic acids is 6. The van der Waals surface area contributed by atoms with Crippen molar-refractivity contribution in [3.8, 4) is 11.4 Å². The van der Waals surface area contributed by atoms with E-state index in [1.54, 1.807) is 48.5 Å². The smallest absolute Gasteiger partial charge is 0.332 e. The highest BCUT2D eigenvalue weighted by Gasteiger charge is 2.23. The molecule has 0 bridgehead atoms. The molecule has 8 aromatic carbocycles. The Kier molecular flexibility index (Phi) is 25.3. The topological polar surface area (TPSA) is 226 Å². The summed E-state index contributed by atoms with van der Waals surface area (Å²) in [5, 5.41) is 20.9. The van der Waals surface area contributed by atoms with E-state index in [0.29, 0.717) is 73.0 Å². The first-order chi connectivity index (χ1) is 48.8. The molecule has 0 atom stereocenters. The van der Waals surface area contributed by atoms with Crippen LogP contribution in [0.25, 0.3) is 55.0 Å². The maximum atomic E-state index is 14.1. The molecule has 10 rings (SSSR count). The van der Waals surface area contributed by atoms with E-state index in [2.05, 4.69) is 43.6 Å². The monoisotopic (exact) mass is 1440 g/mol. The van der Waals surface area contributed by atoms with Crippen LogP contribution in [-0.2, 0) is 53.0 Å². The molecule has 0 aliphatic heterocycles. The average Bonchev–Trinajstić information content (AvgIpc) is 1.60. The van der Waals surface area contributed by atoms with Gasteiger partial charge >= 0.3 is 23.9 Å². The standard InChI is InChI=1S/C78H70Cl4N6O13/c1-7-9-11-13-69(83-98-47(3)89)51-15-25-59(26-16-51)87-73-31-19-53(41-63(73)65-43-55(21-33-75(65)87)77(93)61-29-23-57(79)45-67(61)81)71(85-100-49(5)91)35-37-95-39-40-97-96-38-36-72(86-101-50(6)92)54-20-32-74-64(42-54)66-44-56(78(94)62-30-24-58(80)46-68(62)82)22-34-76(66)88(74)60-27-17-52(18-28-60)70(14-12-10-8-2)84-99-48(4)90/h15-34,36,38,41-46H,7-14,35,37,39-40H2,1-6H3/b38-36+,83-69+,84-70+,85-71-,86-72-. The molecule has 2 aromatic heterocycles. The van der Waals surface area contributed by atoms with E-state index in [0.717, 1.165) is 93.9 Å². The molecule has 0 fully saturated rings. The van der Waals surface area contributed by atoms with Crippen molar-refractivity contribution in [2.24, 2.45) is 20.6 Å². The van der Waals surface area contributed by atoms with Crippen molar-refractivity contribution in [2.75, 3.05) is 19.8 Å². The molecule has 10 aromatic rings. The maximum Gasteiger partial charge on any atom is 0.332 e. The van der Waals surface area contributed by atoms with E-state index in [4.69, 9.17) is 80.3 Å². The number of carbonyl (C=O) groups is 6. The second-order valence-corrected chi connectivity index (χ2v) is 25.2. The van der Waals surface area contributed by atoms with Crippen LogP contribution in [0.1, 0.15) is 153 Å². The van der Waals surface area contributed by atoms with E-state index >= 15 is 0 Å². The number of halogens is 4. The molecule has 23 heteroatoms. The Morgan fingerprint density at radius 1 is 0.396 bits per heavy atom. The van der Waals surface area contributed by atoms with E-state index in [9.17, 15) is 28.8 Å². The number of hydrogen-bond donors (Lipinski definition) is 0. The van der Waals surface area contributed by atoms with Gasteiger partial charge in [0.05, 0.1) is 62.5 Å². The normalized spacial score (nSPS) is 12.3. The number of unbranched alkanes of at least 4 members (excludes halogenated alkanes) is 4. The summed E-state index contributed by atoms with van der Waals surface area (Å²) in [5.41, 5.74) is 10.5. The van der Waals surface area contributed by atoms with Gasteiger partial charge in [-0.1, -0.05) is 143 Å². The predicted molar refractivity (Wildman–Crippen MR) is 394 cm³/mol. The summed E-state index contributed by atoms with van der Waals surface area (Å²) in [4.78, 5) is 108. The molecule has 0 N–H and O–H groups in total. The SMILES string of the molecule is CCCCC/C(=N\OC(C)=O)c1ccc(-n2c3ccc(C(=O)c4ccc(Cl)cc4Cl)cc3c3cc(C(/C=C/OOCCOCC/C(=N/OC(C)=O)c4ccc5c(c4)c4cc(C(=O)c6ccc(Cl)cc6Cl)ccc4n5-c4ccc(/C(CCCCC)=N/OC(C)=O)cc4)=N\OC(C)=O)ccc32)cc1. The number of rotatable bonds is 31. The fourth-order valence-electron chi connectivity index (χ4n) is 11.5. The maximum absolute atomic E-state index is 14.1. The molecule has 0 spiro atoms. The highest BCUT2D eigenvalue weighted by molar-refractivity contribution is 6.38. The highest BCUT2D eigenvalue weighted by atomic mass is 35.5. The van der Waals surface area contributed by atoms with Gasteiger partial charge in [-0.15, -0.1) is 0 Å². The Morgan fingerprint density at radius 3 is 1.19 bits per heavy atom. The van der Waals surface area contributed by atoms with Crippen LogP contribution in [-0.4, -0.2) is 87.2 Å². The number of fused-ring (bicyclic) bond motifs is 6. The van der Waals surface area contributed by atoms with Crippen LogP contribution in [0, 0.1) is 0 Å². The van der Waals surface area contributed by atoms with Crippen molar-refractivity contribution < 1.29 is 62.6 Å². The number of aromatic nitrogens is 2. The minimum Gasteiger partial charge on any atom is -0.378 e. The summed E-state index contributed by atoms with van der Waals surface area (Å²) in [6.07, 6.45) is 9.81. The van der Waals surface area contributed by atoms with Gasteiger partial charge in [0.15, 0.2) is 11.6 Å². The number of ketones is 2. The fourth-order valence-corrected chi connectivity index (χ4v) is 12.5. The molecule has 101 heavy (non-hydrogen) atoms. The van der Waals surface area contributed by atoms with Crippen LogP contribution in [0.4, 0.5) is 0 Å². The number of allylic oxidation sites excluding steroid dienone is 1. The molecule has 0 unspecified atom stereocenters. The molecule has 0 saturated heterocycles. The van der Waals surface area contributed by atoms with Crippen LogP contribution < -0.4 is 0 Å². The van der Waals surface area contributed by atoms with Gasteiger partial charge in [-0.05, 0) is 158 Å². The van der Waals surface area contributed by atoms with Gasteiger partial charge in [0.1, 0.15) is 18.6 Å². The van der Waals surface area contributed by atoms with Crippen molar-refractivity contribution in [2.45, 2.75) is 99.3 Å². The molecule has 518 valence electrons. The highest BCUT2D eigenvalue weighted by Crippen LogP contribution is 2.38. The summed E-state index contributed by atoms with van der Waals surface area (Å²) >= 11 is 25.5. The van der Waals surface area contributed by atoms with Gasteiger partial charge in [-0.2, -0.15) is 4.89 Å². The Bertz CT molecular complexity index is 4960. The van der Waals surface area contributed by atoms with Crippen LogP contribution >= 0.6 is 46.4 Å². The van der Waals surface area contributed by atoms with Crippen LogP contribution in [0.2, 0.25) is 20.1 Å². The summed E-state index contributed by atoms with van der Waals surface area (Å²) in [5.74, 6) is -2.96. The molecule has 0 radical (unpaired) electrons. The average molecular weight is 1440 g/mol. The number of nitrogens with zero attached hydrogens (tertiary/aromatic N) is 6. The van der Waals surface area contributed by atoms with E-state index in [1.807, 2.05) is 97.1 Å². The number of ether oxygens (including phenoxy) is 1. The van der Waals surface area contributed by atoms with Crippen LogP contribution in [0.15, 0.2) is 191 Å². The minimum atomic E-state index is -0.670.